The fourth-order valence-corrected chi connectivity index (χ4v) is 8.39. The van der Waals surface area contributed by atoms with Crippen LogP contribution in [-0.2, 0) is 42.2 Å². The predicted octanol–water partition coefficient (Wildman–Crippen LogP) is 15.8. The van der Waals surface area contributed by atoms with Crippen molar-refractivity contribution in [2.75, 3.05) is 26.4 Å². The molecule has 0 aromatic carbocycles. The fraction of sp³-hybridized carbons (Fsp3) is 0.804. The van der Waals surface area contributed by atoms with Gasteiger partial charge in [-0.3, -0.25) is 23.4 Å². The third-order valence-corrected chi connectivity index (χ3v) is 12.7. The van der Waals surface area contributed by atoms with Crippen molar-refractivity contribution in [2.24, 2.45) is 0 Å². The summed E-state index contributed by atoms with van der Waals surface area (Å²) < 4.78 is 39.3. The van der Waals surface area contributed by atoms with E-state index in [0.29, 0.717) is 19.3 Å². The number of rotatable bonds is 51. The van der Waals surface area contributed by atoms with E-state index in [1.807, 2.05) is 12.2 Å². The smallest absolute Gasteiger partial charge is 0.462 e. The molecule has 11 nitrogen and oxygen atoms in total. The maximum absolute atomic E-state index is 12.9. The zero-order valence-electron chi connectivity index (χ0n) is 43.6. The molecule has 0 aromatic rings. The number of ether oxygens (including phenoxy) is 3. The number of hydrogen-bond donors (Lipinski definition) is 2. The van der Waals surface area contributed by atoms with E-state index in [1.54, 1.807) is 0 Å². The Morgan fingerprint density at radius 2 is 0.765 bits per heavy atom. The molecular formula is C56H101O11P. The largest absolute Gasteiger partial charge is 0.472 e. The number of allylic oxidation sites excluding steroid dienone is 8. The second-order valence-corrected chi connectivity index (χ2v) is 19.8. The van der Waals surface area contributed by atoms with Gasteiger partial charge in [-0.15, -0.1) is 0 Å². The average molecular weight is 981 g/mol. The molecule has 0 heterocycles. The standard InChI is InChI=1S/C56H101O11P/c1-4-7-10-13-16-19-21-23-24-25-26-27-28-30-32-35-38-41-44-47-56(60)67-53(49-63-54(58)45-42-39-36-34-31-29-22-20-17-14-11-8-5-2)51-65-68(61,62)64-50-52(48-57)66-55(59)46-43-40-37-33-18-15-12-9-6-3/h8,11,17,20,29,31,36,39,52-53,57H,4-7,9-10,12-16,18-19,21-28,30,32-35,37-38,40-51H2,1-3H3,(H,61,62)/b11-8-,20-17-,31-29-,39-36-. The van der Waals surface area contributed by atoms with E-state index in [4.69, 9.17) is 23.3 Å². The summed E-state index contributed by atoms with van der Waals surface area (Å²) in [7, 11) is -4.75. The Morgan fingerprint density at radius 1 is 0.426 bits per heavy atom. The Balaban J connectivity index is 4.74. The fourth-order valence-electron chi connectivity index (χ4n) is 7.61. The van der Waals surface area contributed by atoms with Crippen LogP contribution < -0.4 is 0 Å². The molecule has 2 N–H and O–H groups in total. The molecule has 68 heavy (non-hydrogen) atoms. The molecule has 0 fully saturated rings. The molecule has 3 unspecified atom stereocenters. The van der Waals surface area contributed by atoms with Crippen molar-refractivity contribution in [2.45, 2.75) is 264 Å². The first kappa shape index (κ1) is 65.4. The van der Waals surface area contributed by atoms with Crippen LogP contribution in [0.15, 0.2) is 48.6 Å². The Labute approximate surface area is 415 Å². The van der Waals surface area contributed by atoms with Gasteiger partial charge in [0.15, 0.2) is 6.10 Å². The molecule has 0 saturated heterocycles. The lowest BCUT2D eigenvalue weighted by atomic mass is 10.0. The summed E-state index contributed by atoms with van der Waals surface area (Å²) in [6, 6.07) is 0. The predicted molar refractivity (Wildman–Crippen MR) is 279 cm³/mol. The molecule has 0 bridgehead atoms. The van der Waals surface area contributed by atoms with Gasteiger partial charge in [-0.25, -0.2) is 4.57 Å². The van der Waals surface area contributed by atoms with Gasteiger partial charge < -0.3 is 24.2 Å². The summed E-state index contributed by atoms with van der Waals surface area (Å²) >= 11 is 0. The Bertz CT molecular complexity index is 1330. The van der Waals surface area contributed by atoms with Crippen LogP contribution in [0, 0.1) is 0 Å². The Kier molecular flexibility index (Phi) is 48.9. The monoisotopic (exact) mass is 981 g/mol. The third-order valence-electron chi connectivity index (χ3n) is 11.8. The number of carbonyl (C=O) groups is 3. The number of phosphoric acid groups is 1. The molecule has 0 amide bonds. The highest BCUT2D eigenvalue weighted by Crippen LogP contribution is 2.43. The number of hydrogen-bond acceptors (Lipinski definition) is 10. The summed E-state index contributed by atoms with van der Waals surface area (Å²) in [6.07, 6.45) is 52.5. The number of phosphoric ester groups is 1. The van der Waals surface area contributed by atoms with Crippen molar-refractivity contribution in [3.05, 3.63) is 48.6 Å². The van der Waals surface area contributed by atoms with Gasteiger partial charge >= 0.3 is 25.7 Å². The molecule has 12 heteroatoms. The maximum Gasteiger partial charge on any atom is 0.472 e. The molecule has 0 aromatic heterocycles. The summed E-state index contributed by atoms with van der Waals surface area (Å²) in [5, 5.41) is 9.75. The Hall–Kier alpha value is -2.56. The maximum atomic E-state index is 12.9. The number of esters is 3. The topological polar surface area (TPSA) is 155 Å². The van der Waals surface area contributed by atoms with Crippen LogP contribution in [-0.4, -0.2) is 66.5 Å². The summed E-state index contributed by atoms with van der Waals surface area (Å²) in [5.41, 5.74) is 0. The van der Waals surface area contributed by atoms with E-state index in [1.165, 1.54) is 128 Å². The minimum Gasteiger partial charge on any atom is -0.462 e. The highest BCUT2D eigenvalue weighted by Gasteiger charge is 2.28. The van der Waals surface area contributed by atoms with Crippen LogP contribution in [0.3, 0.4) is 0 Å². The highest BCUT2D eigenvalue weighted by molar-refractivity contribution is 7.47. The number of unbranched alkanes of at least 4 members (excludes halogenated alkanes) is 26. The van der Waals surface area contributed by atoms with Gasteiger partial charge in [0, 0.05) is 19.3 Å². The van der Waals surface area contributed by atoms with Crippen LogP contribution in [0.4, 0.5) is 0 Å². The van der Waals surface area contributed by atoms with Crippen LogP contribution in [0.1, 0.15) is 252 Å². The summed E-state index contributed by atoms with van der Waals surface area (Å²) in [5.74, 6) is -1.55. The van der Waals surface area contributed by atoms with Crippen molar-refractivity contribution in [3.8, 4) is 0 Å². The van der Waals surface area contributed by atoms with Crippen molar-refractivity contribution >= 4 is 25.7 Å². The van der Waals surface area contributed by atoms with Crippen molar-refractivity contribution in [1.29, 1.82) is 0 Å². The first-order valence-electron chi connectivity index (χ1n) is 27.5. The lowest BCUT2D eigenvalue weighted by Crippen LogP contribution is -2.30. The van der Waals surface area contributed by atoms with E-state index in [-0.39, 0.29) is 25.9 Å². The van der Waals surface area contributed by atoms with Gasteiger partial charge in [0.1, 0.15) is 12.7 Å². The zero-order chi connectivity index (χ0) is 49.9. The van der Waals surface area contributed by atoms with Crippen molar-refractivity contribution in [3.63, 3.8) is 0 Å². The van der Waals surface area contributed by atoms with E-state index >= 15 is 0 Å². The molecule has 0 aliphatic rings. The molecular weight excluding hydrogens is 880 g/mol. The van der Waals surface area contributed by atoms with E-state index in [9.17, 15) is 28.9 Å². The van der Waals surface area contributed by atoms with Crippen LogP contribution in [0.5, 0.6) is 0 Å². The van der Waals surface area contributed by atoms with Gasteiger partial charge in [0.25, 0.3) is 0 Å². The van der Waals surface area contributed by atoms with E-state index in [0.717, 1.165) is 64.2 Å². The first-order chi connectivity index (χ1) is 33.2. The molecule has 0 saturated carbocycles. The quantitative estimate of drug-likeness (QED) is 0.0197. The molecule has 0 radical (unpaired) electrons. The molecule has 0 rings (SSSR count). The molecule has 0 spiro atoms. The van der Waals surface area contributed by atoms with Gasteiger partial charge in [-0.05, 0) is 44.9 Å². The lowest BCUT2D eigenvalue weighted by molar-refractivity contribution is -0.161. The molecule has 3 atom stereocenters. The zero-order valence-corrected chi connectivity index (χ0v) is 44.5. The van der Waals surface area contributed by atoms with Gasteiger partial charge in [0.2, 0.25) is 0 Å². The van der Waals surface area contributed by atoms with Crippen LogP contribution in [0.25, 0.3) is 0 Å². The lowest BCUT2D eigenvalue weighted by Gasteiger charge is -2.21. The molecule has 0 aliphatic heterocycles. The minimum absolute atomic E-state index is 0.108. The van der Waals surface area contributed by atoms with Crippen LogP contribution >= 0.6 is 7.82 Å². The summed E-state index contributed by atoms with van der Waals surface area (Å²) in [6.45, 7) is 4.44. The first-order valence-corrected chi connectivity index (χ1v) is 29.0. The third kappa shape index (κ3) is 48.5. The minimum atomic E-state index is -4.75. The van der Waals surface area contributed by atoms with Crippen molar-refractivity contribution < 1.29 is 52.2 Å². The van der Waals surface area contributed by atoms with E-state index in [2.05, 4.69) is 57.2 Å². The molecule has 0 aliphatic carbocycles. The number of carbonyl (C=O) groups excluding carboxylic acids is 3. The van der Waals surface area contributed by atoms with Gasteiger partial charge in [-0.1, -0.05) is 236 Å². The highest BCUT2D eigenvalue weighted by atomic mass is 31.2. The SMILES string of the molecule is CC/C=C\C/C=C\C/C=C\C/C=C\CCC(=O)OCC(COP(=O)(O)OCC(CO)OC(=O)CCCCCCCCCCC)OC(=O)CCCCCCCCCCCCCCCCCCCCC. The summed E-state index contributed by atoms with van der Waals surface area (Å²) in [4.78, 5) is 48.3. The number of aliphatic hydroxyl groups is 1. The Morgan fingerprint density at radius 3 is 1.15 bits per heavy atom. The van der Waals surface area contributed by atoms with E-state index < -0.39 is 57.8 Å². The average Bonchev–Trinajstić information content (AvgIpc) is 3.32. The van der Waals surface area contributed by atoms with Crippen LogP contribution in [0.2, 0.25) is 0 Å². The van der Waals surface area contributed by atoms with Gasteiger partial charge in [-0.2, -0.15) is 0 Å². The second kappa shape index (κ2) is 50.8. The second-order valence-electron chi connectivity index (χ2n) is 18.4. The van der Waals surface area contributed by atoms with Gasteiger partial charge in [0.05, 0.1) is 19.8 Å². The molecule has 396 valence electrons. The van der Waals surface area contributed by atoms with Crippen molar-refractivity contribution in [1.82, 2.24) is 0 Å². The number of aliphatic hydroxyl groups excluding tert-OH is 1. The normalized spacial score (nSPS) is 13.8.